The average molecular weight is 570 g/mol. The lowest BCUT2D eigenvalue weighted by Crippen LogP contribution is -2.20. The number of alkyl halides is 3. The topological polar surface area (TPSA) is 105 Å². The molecule has 2 N–H and O–H groups in total. The number of thiazole rings is 1. The van der Waals surface area contributed by atoms with Crippen LogP contribution in [0, 0.1) is 6.92 Å². The number of nitrogens with zero attached hydrogens (tertiary/aromatic N) is 5. The largest absolute Gasteiger partial charge is 0.416 e. The van der Waals surface area contributed by atoms with Crippen LogP contribution in [0.1, 0.15) is 46.8 Å². The number of likely N-dealkylation sites (tertiary alicyclic amines) is 1. The van der Waals surface area contributed by atoms with Gasteiger partial charge in [0.15, 0.2) is 5.13 Å². The highest BCUT2D eigenvalue weighted by atomic mass is 32.1. The van der Waals surface area contributed by atoms with E-state index in [9.17, 15) is 22.8 Å². The van der Waals surface area contributed by atoms with Gasteiger partial charge in [-0.15, -0.1) is 5.10 Å². The summed E-state index contributed by atoms with van der Waals surface area (Å²) in [5.74, 6) is -0.870. The Bertz CT molecular complexity index is 1560. The highest BCUT2D eigenvalue weighted by molar-refractivity contribution is 7.19. The first-order valence-electron chi connectivity index (χ1n) is 12.6. The Kier molecular flexibility index (Phi) is 7.68. The maximum absolute atomic E-state index is 13.6. The second-order valence-electron chi connectivity index (χ2n) is 9.61. The molecule has 208 valence electrons. The first-order chi connectivity index (χ1) is 19.0. The molecule has 1 aliphatic rings. The third kappa shape index (κ3) is 6.37. The van der Waals surface area contributed by atoms with Crippen molar-refractivity contribution < 1.29 is 22.8 Å². The van der Waals surface area contributed by atoms with E-state index in [0.717, 1.165) is 43.6 Å². The van der Waals surface area contributed by atoms with E-state index in [1.54, 1.807) is 30.6 Å². The summed E-state index contributed by atoms with van der Waals surface area (Å²) >= 11 is 1.25. The Morgan fingerprint density at radius 3 is 2.58 bits per heavy atom. The van der Waals surface area contributed by atoms with Gasteiger partial charge in [0, 0.05) is 30.9 Å². The van der Waals surface area contributed by atoms with E-state index in [1.807, 2.05) is 6.92 Å². The smallest absolute Gasteiger partial charge is 0.322 e. The molecule has 0 unspecified atom stereocenters. The van der Waals surface area contributed by atoms with Crippen LogP contribution < -0.4 is 10.6 Å². The summed E-state index contributed by atoms with van der Waals surface area (Å²) in [4.78, 5) is 31.3. The minimum Gasteiger partial charge on any atom is -0.322 e. The van der Waals surface area contributed by atoms with Crippen LogP contribution in [0.4, 0.5) is 24.0 Å². The molecule has 0 atom stereocenters. The van der Waals surface area contributed by atoms with Crippen molar-refractivity contribution in [2.45, 2.75) is 39.4 Å². The molecule has 9 nitrogen and oxygen atoms in total. The minimum absolute atomic E-state index is 0.0608. The average Bonchev–Trinajstić information content (AvgIpc) is 3.66. The Labute approximate surface area is 232 Å². The number of amides is 2. The molecule has 1 aliphatic heterocycles. The normalized spacial score (nSPS) is 13.9. The van der Waals surface area contributed by atoms with Crippen LogP contribution in [0.5, 0.6) is 0 Å². The number of rotatable bonds is 7. The molecule has 2 amide bonds. The van der Waals surface area contributed by atoms with Crippen molar-refractivity contribution >= 4 is 34.0 Å². The molecule has 0 radical (unpaired) electrons. The van der Waals surface area contributed by atoms with Crippen LogP contribution in [0.3, 0.4) is 0 Å². The van der Waals surface area contributed by atoms with Crippen molar-refractivity contribution in [1.29, 1.82) is 0 Å². The lowest BCUT2D eigenvalue weighted by molar-refractivity contribution is -0.137. The van der Waals surface area contributed by atoms with E-state index in [2.05, 4.69) is 30.8 Å². The molecule has 13 heteroatoms. The third-order valence-electron chi connectivity index (χ3n) is 6.44. The standard InChI is InChI=1S/C27H26F3N7O2S/c1-16-5-6-21(12-23(16)37-15-22(34-35-37)24-13-31-26(40-24)32-17(2)38)33-25(39)19-9-18(14-36-7-3-4-8-36)10-20(11-19)27(28,29)30/h5-6,9-13,15H,3-4,7-8,14H2,1-2H3,(H,33,39)(H,31,32,38). The van der Waals surface area contributed by atoms with Crippen molar-refractivity contribution in [2.75, 3.05) is 23.7 Å². The maximum Gasteiger partial charge on any atom is 0.416 e. The summed E-state index contributed by atoms with van der Waals surface area (Å²) in [6.45, 7) is 5.27. The van der Waals surface area contributed by atoms with Gasteiger partial charge in [-0.25, -0.2) is 9.67 Å². The molecule has 5 rings (SSSR count). The van der Waals surface area contributed by atoms with E-state index in [0.29, 0.717) is 39.2 Å². The first kappa shape index (κ1) is 27.5. The van der Waals surface area contributed by atoms with Crippen molar-refractivity contribution in [2.24, 2.45) is 0 Å². The summed E-state index contributed by atoms with van der Waals surface area (Å²) in [6, 6.07) is 8.65. The lowest BCUT2D eigenvalue weighted by Gasteiger charge is -2.17. The summed E-state index contributed by atoms with van der Waals surface area (Å²) in [5.41, 5.74) is 1.94. The quantitative estimate of drug-likeness (QED) is 0.304. The molecule has 4 aromatic rings. The number of benzene rings is 2. The Hall–Kier alpha value is -4.10. The van der Waals surface area contributed by atoms with Crippen LogP contribution in [-0.4, -0.2) is 49.8 Å². The van der Waals surface area contributed by atoms with E-state index in [1.165, 1.54) is 29.0 Å². The van der Waals surface area contributed by atoms with Gasteiger partial charge in [0.05, 0.1) is 22.3 Å². The van der Waals surface area contributed by atoms with Crippen molar-refractivity contribution in [3.05, 3.63) is 71.0 Å². The fourth-order valence-electron chi connectivity index (χ4n) is 4.51. The van der Waals surface area contributed by atoms with Crippen molar-refractivity contribution in [3.8, 4) is 16.3 Å². The Morgan fingerprint density at radius 2 is 1.85 bits per heavy atom. The second-order valence-corrected chi connectivity index (χ2v) is 10.6. The minimum atomic E-state index is -4.57. The van der Waals surface area contributed by atoms with Crippen LogP contribution >= 0.6 is 11.3 Å². The molecule has 2 aromatic heterocycles. The number of aromatic nitrogens is 4. The van der Waals surface area contributed by atoms with E-state index < -0.39 is 17.6 Å². The van der Waals surface area contributed by atoms with E-state index in [-0.39, 0.29) is 11.5 Å². The zero-order chi connectivity index (χ0) is 28.4. The fraction of sp³-hybridized carbons (Fsp3) is 0.296. The number of carbonyl (C=O) groups is 2. The molecule has 0 bridgehead atoms. The number of carbonyl (C=O) groups excluding carboxylic acids is 2. The van der Waals surface area contributed by atoms with Crippen LogP contribution in [0.15, 0.2) is 48.8 Å². The summed E-state index contributed by atoms with van der Waals surface area (Å²) < 4.78 is 42.4. The van der Waals surface area contributed by atoms with Gasteiger partial charge in [-0.1, -0.05) is 22.6 Å². The van der Waals surface area contributed by atoms with Gasteiger partial charge in [0.1, 0.15) is 5.69 Å². The zero-order valence-electron chi connectivity index (χ0n) is 21.7. The van der Waals surface area contributed by atoms with Gasteiger partial charge in [-0.3, -0.25) is 14.5 Å². The van der Waals surface area contributed by atoms with Crippen LogP contribution in [-0.2, 0) is 17.5 Å². The number of nitrogens with one attached hydrogen (secondary N) is 2. The zero-order valence-corrected chi connectivity index (χ0v) is 22.6. The maximum atomic E-state index is 13.6. The molecule has 40 heavy (non-hydrogen) atoms. The summed E-state index contributed by atoms with van der Waals surface area (Å²) in [5, 5.41) is 14.2. The molecule has 3 heterocycles. The Morgan fingerprint density at radius 1 is 1.07 bits per heavy atom. The Balaban J connectivity index is 1.37. The number of hydrogen-bond donors (Lipinski definition) is 2. The predicted molar refractivity (Wildman–Crippen MR) is 145 cm³/mol. The number of anilines is 2. The van der Waals surface area contributed by atoms with Crippen molar-refractivity contribution in [1.82, 2.24) is 24.9 Å². The van der Waals surface area contributed by atoms with Gasteiger partial charge < -0.3 is 10.6 Å². The van der Waals surface area contributed by atoms with Gasteiger partial charge >= 0.3 is 6.18 Å². The molecule has 0 saturated carbocycles. The highest BCUT2D eigenvalue weighted by Gasteiger charge is 2.32. The molecule has 1 saturated heterocycles. The third-order valence-corrected chi connectivity index (χ3v) is 7.37. The van der Waals surface area contributed by atoms with Gasteiger partial charge in [0.25, 0.3) is 5.91 Å². The number of hydrogen-bond acceptors (Lipinski definition) is 7. The lowest BCUT2D eigenvalue weighted by atomic mass is 10.0. The monoisotopic (exact) mass is 569 g/mol. The second kappa shape index (κ2) is 11.2. The summed E-state index contributed by atoms with van der Waals surface area (Å²) in [7, 11) is 0. The van der Waals surface area contributed by atoms with E-state index in [4.69, 9.17) is 0 Å². The highest BCUT2D eigenvalue weighted by Crippen LogP contribution is 2.32. The molecule has 2 aromatic carbocycles. The predicted octanol–water partition coefficient (Wildman–Crippen LogP) is 5.52. The van der Waals surface area contributed by atoms with Gasteiger partial charge in [0.2, 0.25) is 5.91 Å². The SMILES string of the molecule is CC(=O)Nc1ncc(-c2cn(-c3cc(NC(=O)c4cc(CN5CCCC5)cc(C(F)(F)F)c4)ccc3C)nn2)s1. The van der Waals surface area contributed by atoms with Crippen LogP contribution in [0.2, 0.25) is 0 Å². The molecular weight excluding hydrogens is 543 g/mol. The van der Waals surface area contributed by atoms with Gasteiger partial charge in [-0.05, 0) is 74.3 Å². The molecule has 0 spiro atoms. The number of halogens is 3. The fourth-order valence-corrected chi connectivity index (χ4v) is 5.32. The van der Waals surface area contributed by atoms with E-state index >= 15 is 0 Å². The van der Waals surface area contributed by atoms with Crippen molar-refractivity contribution in [3.63, 3.8) is 0 Å². The first-order valence-corrected chi connectivity index (χ1v) is 13.4. The van der Waals surface area contributed by atoms with Crippen LogP contribution in [0.25, 0.3) is 16.3 Å². The molecule has 0 aliphatic carbocycles. The van der Waals surface area contributed by atoms with Gasteiger partial charge in [-0.2, -0.15) is 13.2 Å². The molecular formula is C27H26F3N7O2S. The molecule has 1 fully saturated rings. The summed E-state index contributed by atoms with van der Waals surface area (Å²) in [6.07, 6.45) is 0.728. The number of aryl methyl sites for hydroxylation is 1.